The highest BCUT2D eigenvalue weighted by atomic mass is 32.2. The van der Waals surface area contributed by atoms with E-state index in [-0.39, 0.29) is 42.8 Å². The molecular formula is C34H40N2O6S. The summed E-state index contributed by atoms with van der Waals surface area (Å²) in [4.78, 5) is 46.1. The van der Waals surface area contributed by atoms with Crippen molar-refractivity contribution >= 4 is 35.2 Å². The quantitative estimate of drug-likeness (QED) is 0.194. The molecule has 1 spiro atoms. The molecule has 5 rings (SSSR count). The Bertz CT molecular complexity index is 1330. The van der Waals surface area contributed by atoms with Crippen molar-refractivity contribution in [2.24, 2.45) is 11.8 Å². The molecule has 3 aliphatic heterocycles. The van der Waals surface area contributed by atoms with Gasteiger partial charge in [-0.3, -0.25) is 14.4 Å². The second-order valence-electron chi connectivity index (χ2n) is 11.4. The number of ether oxygens (including phenoxy) is 2. The van der Waals surface area contributed by atoms with Gasteiger partial charge < -0.3 is 24.4 Å². The average molecular weight is 605 g/mol. The topological polar surface area (TPSA) is 96.4 Å². The standard InChI is InChI=1S/C34H40N2O6S/c1-4-6-10-20-42-33(40)28-27-17-18-34(43-27)29(28)31(38)36(25(22-37)21-23-11-8-7-9-12-23)30(34)32(39)35(19-5-2)24-13-15-26(41-3)16-14-24/h4-5,7-9,11-16,25,27-30,37H,1-2,6,10,17-22H2,3H3/t25-,27-,28+,29+,30?,34?/m1/s1. The van der Waals surface area contributed by atoms with Crippen LogP contribution in [0.2, 0.25) is 0 Å². The third-order valence-electron chi connectivity index (χ3n) is 8.92. The first-order valence-electron chi connectivity index (χ1n) is 14.9. The summed E-state index contributed by atoms with van der Waals surface area (Å²) in [5.74, 6) is -1.57. The first-order valence-corrected chi connectivity index (χ1v) is 15.8. The molecule has 3 aliphatic rings. The number of anilines is 1. The number of fused-ring (bicyclic) bond motifs is 1. The van der Waals surface area contributed by atoms with Crippen molar-refractivity contribution in [1.29, 1.82) is 0 Å². The third-order valence-corrected chi connectivity index (χ3v) is 10.9. The molecule has 0 aromatic heterocycles. The van der Waals surface area contributed by atoms with Crippen LogP contribution >= 0.6 is 11.8 Å². The largest absolute Gasteiger partial charge is 0.497 e. The Kier molecular flexibility index (Phi) is 9.62. The van der Waals surface area contributed by atoms with E-state index >= 15 is 0 Å². The Hall–Kier alpha value is -3.56. The van der Waals surface area contributed by atoms with Gasteiger partial charge in [-0.2, -0.15) is 0 Å². The summed E-state index contributed by atoms with van der Waals surface area (Å²) in [6.07, 6.45) is 6.56. The molecule has 1 N–H and O–H groups in total. The number of hydrogen-bond acceptors (Lipinski definition) is 7. The van der Waals surface area contributed by atoms with E-state index in [9.17, 15) is 19.5 Å². The number of amides is 2. The molecule has 0 aliphatic carbocycles. The van der Waals surface area contributed by atoms with Crippen molar-refractivity contribution in [3.05, 3.63) is 85.5 Å². The highest BCUT2D eigenvalue weighted by molar-refractivity contribution is 8.02. The smallest absolute Gasteiger partial charge is 0.310 e. The van der Waals surface area contributed by atoms with Crippen molar-refractivity contribution in [3.8, 4) is 5.75 Å². The minimum atomic E-state index is -0.874. The third kappa shape index (κ3) is 5.72. The maximum Gasteiger partial charge on any atom is 0.310 e. The lowest BCUT2D eigenvalue weighted by Crippen LogP contribution is -2.58. The molecule has 2 bridgehead atoms. The number of allylic oxidation sites excluding steroid dienone is 1. The van der Waals surface area contributed by atoms with E-state index in [1.54, 1.807) is 53.0 Å². The molecule has 6 atom stereocenters. The van der Waals surface area contributed by atoms with Crippen molar-refractivity contribution in [3.63, 3.8) is 0 Å². The predicted molar refractivity (Wildman–Crippen MR) is 168 cm³/mol. The average Bonchev–Trinajstić information content (AvgIpc) is 3.68. The van der Waals surface area contributed by atoms with Gasteiger partial charge in [-0.25, -0.2) is 0 Å². The minimum Gasteiger partial charge on any atom is -0.497 e. The Morgan fingerprint density at radius 3 is 2.56 bits per heavy atom. The number of hydrogen-bond donors (Lipinski definition) is 1. The van der Waals surface area contributed by atoms with Gasteiger partial charge in [0.1, 0.15) is 11.8 Å². The molecule has 2 aromatic carbocycles. The van der Waals surface area contributed by atoms with Gasteiger partial charge in [-0.15, -0.1) is 24.9 Å². The zero-order valence-corrected chi connectivity index (χ0v) is 25.4. The summed E-state index contributed by atoms with van der Waals surface area (Å²) in [5, 5.41) is 10.6. The van der Waals surface area contributed by atoms with E-state index in [1.807, 2.05) is 42.5 Å². The molecule has 3 heterocycles. The number of esters is 1. The van der Waals surface area contributed by atoms with E-state index in [0.717, 1.165) is 12.0 Å². The number of carbonyl (C=O) groups is 3. The number of carbonyl (C=O) groups excluding carboxylic acids is 3. The molecular weight excluding hydrogens is 564 g/mol. The highest BCUT2D eigenvalue weighted by Gasteiger charge is 2.74. The number of methoxy groups -OCH3 is 1. The van der Waals surface area contributed by atoms with Gasteiger partial charge in [-0.05, 0) is 61.9 Å². The number of rotatable bonds is 14. The Labute approximate surface area is 257 Å². The SMILES string of the molecule is C=CCCCOC(=O)[C@@H]1[C@H]2C(=O)N([C@@H](CO)Cc3ccccc3)C(C(=O)N(CC=C)c3ccc(OC)cc3)C23CC[C@H]1S3. The molecule has 228 valence electrons. The number of likely N-dealkylation sites (tertiary alicyclic amines) is 1. The second kappa shape index (κ2) is 13.4. The zero-order chi connectivity index (χ0) is 30.6. The molecule has 2 amide bonds. The molecule has 8 nitrogen and oxygen atoms in total. The Balaban J connectivity index is 1.54. The summed E-state index contributed by atoms with van der Waals surface area (Å²) in [7, 11) is 1.58. The minimum absolute atomic E-state index is 0.103. The number of aliphatic hydroxyl groups is 1. The van der Waals surface area contributed by atoms with Crippen molar-refractivity contribution in [2.45, 2.75) is 54.2 Å². The molecule has 3 fully saturated rings. The summed E-state index contributed by atoms with van der Waals surface area (Å²) in [6.45, 7) is 7.78. The lowest BCUT2D eigenvalue weighted by Gasteiger charge is -2.39. The van der Waals surface area contributed by atoms with Crippen molar-refractivity contribution in [1.82, 2.24) is 4.90 Å². The first-order chi connectivity index (χ1) is 20.9. The molecule has 43 heavy (non-hydrogen) atoms. The van der Waals surface area contributed by atoms with Gasteiger partial charge in [0.05, 0.1) is 42.9 Å². The van der Waals surface area contributed by atoms with Crippen LogP contribution < -0.4 is 9.64 Å². The second-order valence-corrected chi connectivity index (χ2v) is 13.0. The van der Waals surface area contributed by atoms with Crippen LogP contribution in [-0.2, 0) is 25.5 Å². The number of nitrogens with zero attached hydrogens (tertiary/aromatic N) is 2. The lowest BCUT2D eigenvalue weighted by atomic mass is 9.71. The molecule has 0 radical (unpaired) electrons. The Morgan fingerprint density at radius 1 is 1.16 bits per heavy atom. The fourth-order valence-electron chi connectivity index (χ4n) is 7.03. The van der Waals surface area contributed by atoms with Gasteiger partial charge in [0.15, 0.2) is 0 Å². The number of unbranched alkanes of at least 4 members (excludes halogenated alkanes) is 1. The first kappa shape index (κ1) is 30.9. The van der Waals surface area contributed by atoms with Gasteiger partial charge in [0.25, 0.3) is 5.91 Å². The fraction of sp³-hybridized carbons (Fsp3) is 0.441. The van der Waals surface area contributed by atoms with E-state index in [4.69, 9.17) is 9.47 Å². The van der Waals surface area contributed by atoms with Crippen molar-refractivity contribution < 1.29 is 29.0 Å². The summed E-state index contributed by atoms with van der Waals surface area (Å²) in [5.41, 5.74) is 1.60. The molecule has 0 saturated carbocycles. The van der Waals surface area contributed by atoms with Crippen LogP contribution in [-0.4, -0.2) is 76.7 Å². The molecule has 3 saturated heterocycles. The normalized spacial score (nSPS) is 26.1. The number of benzene rings is 2. The Morgan fingerprint density at radius 2 is 1.91 bits per heavy atom. The van der Waals surface area contributed by atoms with Crippen LogP contribution in [0.15, 0.2) is 79.9 Å². The van der Waals surface area contributed by atoms with Crippen LogP contribution in [0.3, 0.4) is 0 Å². The maximum absolute atomic E-state index is 14.8. The fourth-order valence-corrected chi connectivity index (χ4v) is 9.21. The van der Waals surface area contributed by atoms with E-state index < -0.39 is 28.7 Å². The summed E-state index contributed by atoms with van der Waals surface area (Å²) >= 11 is 1.59. The van der Waals surface area contributed by atoms with Gasteiger partial charge >= 0.3 is 5.97 Å². The van der Waals surface area contributed by atoms with E-state index in [1.165, 1.54) is 0 Å². The number of aliphatic hydroxyl groups excluding tert-OH is 1. The van der Waals surface area contributed by atoms with Gasteiger partial charge in [0, 0.05) is 17.5 Å². The zero-order valence-electron chi connectivity index (χ0n) is 24.6. The van der Waals surface area contributed by atoms with Crippen LogP contribution in [0, 0.1) is 11.8 Å². The van der Waals surface area contributed by atoms with E-state index in [0.29, 0.717) is 37.1 Å². The maximum atomic E-state index is 14.8. The summed E-state index contributed by atoms with van der Waals surface area (Å²) < 4.78 is 10.2. The predicted octanol–water partition coefficient (Wildman–Crippen LogP) is 4.42. The monoisotopic (exact) mass is 604 g/mol. The molecule has 2 unspecified atom stereocenters. The van der Waals surface area contributed by atoms with Crippen molar-refractivity contribution in [2.75, 3.05) is 31.8 Å². The van der Waals surface area contributed by atoms with E-state index in [2.05, 4.69) is 13.2 Å². The molecule has 2 aromatic rings. The molecule has 9 heteroatoms. The van der Waals surface area contributed by atoms with Gasteiger partial charge in [-0.1, -0.05) is 42.5 Å². The van der Waals surface area contributed by atoms with Crippen LogP contribution in [0.25, 0.3) is 0 Å². The highest BCUT2D eigenvalue weighted by Crippen LogP contribution is 2.67. The van der Waals surface area contributed by atoms with Crippen LogP contribution in [0.5, 0.6) is 5.75 Å². The van der Waals surface area contributed by atoms with Crippen LogP contribution in [0.1, 0.15) is 31.2 Å². The lowest BCUT2D eigenvalue weighted by molar-refractivity contribution is -0.154. The van der Waals surface area contributed by atoms with Gasteiger partial charge in [0.2, 0.25) is 5.91 Å². The summed E-state index contributed by atoms with van der Waals surface area (Å²) in [6, 6.07) is 15.3. The number of thioether (sulfide) groups is 1. The van der Waals surface area contributed by atoms with Crippen LogP contribution in [0.4, 0.5) is 5.69 Å².